The zero-order valence-electron chi connectivity index (χ0n) is 15.2. The van der Waals surface area contributed by atoms with Crippen LogP contribution in [0.5, 0.6) is 5.75 Å². The Morgan fingerprint density at radius 2 is 1.96 bits per heavy atom. The maximum Gasteiger partial charge on any atom is 0.256 e. The van der Waals surface area contributed by atoms with Crippen LogP contribution in [-0.2, 0) is 6.42 Å². The number of aromatic hydroxyl groups is 1. The molecule has 0 saturated carbocycles. The highest BCUT2D eigenvalue weighted by atomic mass is 16.3. The van der Waals surface area contributed by atoms with E-state index in [0.717, 1.165) is 5.56 Å². The Balaban J connectivity index is 2.04. The van der Waals surface area contributed by atoms with Crippen LogP contribution < -0.4 is 10.6 Å². The second kappa shape index (κ2) is 8.30. The molecule has 1 aromatic heterocycles. The third-order valence-corrected chi connectivity index (χ3v) is 3.56. The Labute approximate surface area is 153 Å². The van der Waals surface area contributed by atoms with Crippen molar-refractivity contribution in [1.82, 2.24) is 15.3 Å². The maximum atomic E-state index is 12.5. The highest BCUT2D eigenvalue weighted by Crippen LogP contribution is 2.17. The lowest BCUT2D eigenvalue weighted by Gasteiger charge is -2.20. The van der Waals surface area contributed by atoms with Crippen LogP contribution in [0.25, 0.3) is 0 Å². The number of carbonyl (C=O) groups excluding carboxylic acids is 1. The van der Waals surface area contributed by atoms with E-state index in [1.54, 1.807) is 12.1 Å². The normalized spacial score (nSPS) is 10.8. The monoisotopic (exact) mass is 353 g/mol. The first kappa shape index (κ1) is 19.2. The molecule has 0 radical (unpaired) electrons. The third kappa shape index (κ3) is 5.74. The summed E-state index contributed by atoms with van der Waals surface area (Å²) in [5.41, 5.74) is 1.30. The topological polar surface area (TPSA) is 111 Å². The molecule has 2 rings (SSSR count). The lowest BCUT2D eigenvalue weighted by atomic mass is 9.97. The molecule has 7 heteroatoms. The van der Waals surface area contributed by atoms with Gasteiger partial charge < -0.3 is 15.7 Å². The van der Waals surface area contributed by atoms with Gasteiger partial charge >= 0.3 is 0 Å². The molecular weight excluding hydrogens is 330 g/mol. The molecular formula is C19H23N5O2. The number of amides is 1. The van der Waals surface area contributed by atoms with Gasteiger partial charge in [-0.25, -0.2) is 9.97 Å². The van der Waals surface area contributed by atoms with Gasteiger partial charge in [0, 0.05) is 19.3 Å². The van der Waals surface area contributed by atoms with Gasteiger partial charge in [0.15, 0.2) is 0 Å². The van der Waals surface area contributed by atoms with Crippen LogP contribution in [0.15, 0.2) is 30.5 Å². The van der Waals surface area contributed by atoms with Crippen LogP contribution in [0, 0.1) is 16.7 Å². The van der Waals surface area contributed by atoms with Crippen LogP contribution in [0.3, 0.4) is 0 Å². The van der Waals surface area contributed by atoms with Gasteiger partial charge in [0.2, 0.25) is 5.82 Å². The number of benzene rings is 1. The predicted molar refractivity (Wildman–Crippen MR) is 98.8 cm³/mol. The Bertz CT molecular complexity index is 804. The smallest absolute Gasteiger partial charge is 0.256 e. The molecule has 26 heavy (non-hydrogen) atoms. The number of nitrogens with zero attached hydrogens (tertiary/aromatic N) is 3. The molecule has 0 aliphatic carbocycles. The number of aromatic nitrogens is 2. The summed E-state index contributed by atoms with van der Waals surface area (Å²) >= 11 is 0. The minimum absolute atomic E-state index is 0.00955. The minimum atomic E-state index is -0.301. The molecule has 0 aliphatic heterocycles. The average molecular weight is 353 g/mol. The van der Waals surface area contributed by atoms with Crippen LogP contribution in [-0.4, -0.2) is 34.1 Å². The molecule has 1 heterocycles. The molecule has 0 fully saturated rings. The van der Waals surface area contributed by atoms with E-state index in [2.05, 4.69) is 41.4 Å². The number of phenols is 1. The van der Waals surface area contributed by atoms with Crippen LogP contribution in [0.4, 0.5) is 5.82 Å². The fraction of sp³-hybridized carbons (Fsp3) is 0.368. The predicted octanol–water partition coefficient (Wildman–Crippen LogP) is 2.48. The van der Waals surface area contributed by atoms with Crippen molar-refractivity contribution in [3.05, 3.63) is 47.4 Å². The van der Waals surface area contributed by atoms with Gasteiger partial charge in [0.1, 0.15) is 23.2 Å². The zero-order valence-corrected chi connectivity index (χ0v) is 15.2. The molecule has 136 valence electrons. The number of anilines is 1. The Kier molecular flexibility index (Phi) is 6.12. The van der Waals surface area contributed by atoms with Crippen LogP contribution in [0.2, 0.25) is 0 Å². The van der Waals surface area contributed by atoms with Crippen molar-refractivity contribution in [2.45, 2.75) is 27.2 Å². The molecule has 7 nitrogen and oxygen atoms in total. The van der Waals surface area contributed by atoms with E-state index in [0.29, 0.717) is 30.9 Å². The van der Waals surface area contributed by atoms with E-state index >= 15 is 0 Å². The van der Waals surface area contributed by atoms with Gasteiger partial charge in [-0.3, -0.25) is 4.79 Å². The fourth-order valence-corrected chi connectivity index (χ4v) is 2.16. The van der Waals surface area contributed by atoms with Crippen molar-refractivity contribution in [3.8, 4) is 11.8 Å². The van der Waals surface area contributed by atoms with E-state index in [1.165, 1.54) is 6.20 Å². The van der Waals surface area contributed by atoms with E-state index in [9.17, 15) is 9.90 Å². The fourth-order valence-electron chi connectivity index (χ4n) is 2.16. The Morgan fingerprint density at radius 1 is 1.27 bits per heavy atom. The number of nitriles is 1. The van der Waals surface area contributed by atoms with Gasteiger partial charge in [-0.1, -0.05) is 32.9 Å². The number of rotatable bonds is 6. The van der Waals surface area contributed by atoms with Gasteiger partial charge in [-0.2, -0.15) is 5.26 Å². The molecule has 2 aromatic rings. The highest BCUT2D eigenvalue weighted by Gasteiger charge is 2.17. The second-order valence-corrected chi connectivity index (χ2v) is 7.15. The van der Waals surface area contributed by atoms with Gasteiger partial charge in [-0.05, 0) is 29.5 Å². The summed E-state index contributed by atoms with van der Waals surface area (Å²) in [5, 5.41) is 24.2. The lowest BCUT2D eigenvalue weighted by molar-refractivity contribution is 0.0954. The van der Waals surface area contributed by atoms with E-state index < -0.39 is 0 Å². The highest BCUT2D eigenvalue weighted by molar-refractivity contribution is 5.98. The summed E-state index contributed by atoms with van der Waals surface area (Å²) in [6.45, 7) is 7.21. The Hall–Kier alpha value is -3.14. The van der Waals surface area contributed by atoms with Crippen molar-refractivity contribution in [3.63, 3.8) is 0 Å². The lowest BCUT2D eigenvalue weighted by Crippen LogP contribution is -2.28. The van der Waals surface area contributed by atoms with Gasteiger partial charge in [-0.15, -0.1) is 0 Å². The second-order valence-electron chi connectivity index (χ2n) is 7.15. The standard InChI is InChI=1S/C19H23N5O2/c1-19(2,3)12-23-17-15(11-22-16(10-20)24-17)18(26)21-9-8-13-4-6-14(25)7-5-13/h4-7,11,25H,8-9,12H2,1-3H3,(H,21,26)(H,22,23,24). The average Bonchev–Trinajstić information content (AvgIpc) is 2.60. The molecule has 1 aromatic carbocycles. The quantitative estimate of drug-likeness (QED) is 0.736. The SMILES string of the molecule is CC(C)(C)CNc1nc(C#N)ncc1C(=O)NCCc1ccc(O)cc1. The summed E-state index contributed by atoms with van der Waals surface area (Å²) in [4.78, 5) is 20.5. The molecule has 0 unspecified atom stereocenters. The first-order valence-corrected chi connectivity index (χ1v) is 8.35. The van der Waals surface area contributed by atoms with E-state index in [-0.39, 0.29) is 22.9 Å². The molecule has 0 spiro atoms. The molecule has 0 aliphatic rings. The number of nitrogens with one attached hydrogen (secondary N) is 2. The van der Waals surface area contributed by atoms with Crippen LogP contribution in [0.1, 0.15) is 42.5 Å². The minimum Gasteiger partial charge on any atom is -0.508 e. The van der Waals surface area contributed by atoms with Gasteiger partial charge in [0.25, 0.3) is 5.91 Å². The third-order valence-electron chi connectivity index (χ3n) is 3.56. The number of hydrogen-bond acceptors (Lipinski definition) is 6. The van der Waals surface area contributed by atoms with Crippen LogP contribution >= 0.6 is 0 Å². The molecule has 3 N–H and O–H groups in total. The molecule has 0 saturated heterocycles. The first-order chi connectivity index (χ1) is 12.3. The number of phenolic OH excluding ortho intramolecular Hbond substituents is 1. The van der Waals surface area contributed by atoms with Crippen molar-refractivity contribution in [1.29, 1.82) is 5.26 Å². The largest absolute Gasteiger partial charge is 0.508 e. The summed E-state index contributed by atoms with van der Waals surface area (Å²) in [5.74, 6) is 0.280. The number of carbonyl (C=O) groups is 1. The van der Waals surface area contributed by atoms with Crippen molar-refractivity contribution in [2.24, 2.45) is 5.41 Å². The summed E-state index contributed by atoms with van der Waals surface area (Å²) < 4.78 is 0. The van der Waals surface area contributed by atoms with Crippen molar-refractivity contribution < 1.29 is 9.90 Å². The van der Waals surface area contributed by atoms with E-state index in [4.69, 9.17) is 5.26 Å². The molecule has 1 amide bonds. The van der Waals surface area contributed by atoms with Crippen molar-refractivity contribution >= 4 is 11.7 Å². The summed E-state index contributed by atoms with van der Waals surface area (Å²) in [7, 11) is 0. The number of hydrogen-bond donors (Lipinski definition) is 3. The molecule has 0 atom stereocenters. The summed E-state index contributed by atoms with van der Waals surface area (Å²) in [6, 6.07) is 8.72. The van der Waals surface area contributed by atoms with Crippen molar-refractivity contribution in [2.75, 3.05) is 18.4 Å². The molecule has 0 bridgehead atoms. The Morgan fingerprint density at radius 3 is 2.58 bits per heavy atom. The maximum absolute atomic E-state index is 12.5. The zero-order chi connectivity index (χ0) is 19.2. The first-order valence-electron chi connectivity index (χ1n) is 8.35. The van der Waals surface area contributed by atoms with E-state index in [1.807, 2.05) is 18.2 Å². The summed E-state index contributed by atoms with van der Waals surface area (Å²) in [6.07, 6.45) is 2.00. The van der Waals surface area contributed by atoms with Gasteiger partial charge in [0.05, 0.1) is 0 Å².